The van der Waals surface area contributed by atoms with Gasteiger partial charge in [0.15, 0.2) is 0 Å². The molecular weight excluding hydrogens is 390 g/mol. The molecule has 1 aliphatic rings. The first-order chi connectivity index (χ1) is 15.1. The highest BCUT2D eigenvalue weighted by Crippen LogP contribution is 2.43. The smallest absolute Gasteiger partial charge is 0.264 e. The van der Waals surface area contributed by atoms with Gasteiger partial charge in [0.1, 0.15) is 17.2 Å². The largest absolute Gasteiger partial charge is 0.497 e. The summed E-state index contributed by atoms with van der Waals surface area (Å²) in [5.74, 6) is 2.12. The maximum absolute atomic E-state index is 13.8. The lowest BCUT2D eigenvalue weighted by molar-refractivity contribution is 0.0989. The number of allylic oxidation sites excluding steroid dienone is 1. The Labute approximate surface area is 180 Å². The van der Waals surface area contributed by atoms with Crippen LogP contribution < -0.4 is 14.2 Å². The molecule has 0 N–H and O–H groups in total. The number of hydrogen-bond donors (Lipinski definition) is 0. The van der Waals surface area contributed by atoms with Crippen molar-refractivity contribution in [3.05, 3.63) is 89.6 Å². The highest BCUT2D eigenvalue weighted by molar-refractivity contribution is 6.35. The Morgan fingerprint density at radius 3 is 1.84 bits per heavy atom. The molecule has 5 heteroatoms. The van der Waals surface area contributed by atoms with E-state index in [2.05, 4.69) is 0 Å². The van der Waals surface area contributed by atoms with Crippen LogP contribution in [-0.4, -0.2) is 31.8 Å². The second kappa shape index (κ2) is 7.36. The number of methoxy groups -OCH3 is 3. The Kier molecular flexibility index (Phi) is 4.51. The van der Waals surface area contributed by atoms with Gasteiger partial charge in [-0.15, -0.1) is 0 Å². The van der Waals surface area contributed by atoms with E-state index < -0.39 is 0 Å². The van der Waals surface area contributed by atoms with Gasteiger partial charge in [-0.05, 0) is 59.7 Å². The van der Waals surface area contributed by atoms with Gasteiger partial charge in [0.05, 0.1) is 38.1 Å². The molecule has 31 heavy (non-hydrogen) atoms. The molecule has 1 aromatic heterocycles. The molecule has 0 amide bonds. The van der Waals surface area contributed by atoms with E-state index in [0.717, 1.165) is 44.8 Å². The Balaban J connectivity index is 1.82. The summed E-state index contributed by atoms with van der Waals surface area (Å²) in [7, 11) is 4.90. The summed E-state index contributed by atoms with van der Waals surface area (Å²) < 4.78 is 18.0. The summed E-state index contributed by atoms with van der Waals surface area (Å²) in [6, 6.07) is 23.2. The van der Waals surface area contributed by atoms with E-state index in [1.807, 2.05) is 72.8 Å². The van der Waals surface area contributed by atoms with E-state index in [4.69, 9.17) is 14.2 Å². The average Bonchev–Trinajstić information content (AvgIpc) is 3.33. The monoisotopic (exact) mass is 411 g/mol. The number of hydrogen-bond acceptors (Lipinski definition) is 4. The number of carbonyl (C=O) groups is 1. The Bertz CT molecular complexity index is 1360. The van der Waals surface area contributed by atoms with Crippen LogP contribution in [0, 0.1) is 0 Å². The Morgan fingerprint density at radius 1 is 0.645 bits per heavy atom. The topological polar surface area (TPSA) is 49.7 Å². The fourth-order valence-electron chi connectivity index (χ4n) is 4.19. The number of benzene rings is 3. The lowest BCUT2D eigenvalue weighted by atomic mass is 9.94. The van der Waals surface area contributed by atoms with Crippen molar-refractivity contribution in [2.24, 2.45) is 0 Å². The molecule has 2 heterocycles. The fraction of sp³-hybridized carbons (Fsp3) is 0.115. The number of fused-ring (bicyclic) bond motifs is 3. The van der Waals surface area contributed by atoms with E-state index >= 15 is 0 Å². The highest BCUT2D eigenvalue weighted by atomic mass is 16.5. The first-order valence-corrected chi connectivity index (χ1v) is 9.92. The summed E-state index contributed by atoms with van der Waals surface area (Å²) in [4.78, 5) is 13.8. The number of aromatic nitrogens is 1. The SMILES string of the molecule is COc1cccc(C2=C(c3cccc(OC)c3)c3cc4cc(OC)ccc4n3C2=O)c1. The lowest BCUT2D eigenvalue weighted by Crippen LogP contribution is -2.08. The van der Waals surface area contributed by atoms with Gasteiger partial charge in [-0.3, -0.25) is 9.36 Å². The van der Waals surface area contributed by atoms with Crippen molar-refractivity contribution in [3.63, 3.8) is 0 Å². The van der Waals surface area contributed by atoms with Crippen molar-refractivity contribution in [2.75, 3.05) is 21.3 Å². The summed E-state index contributed by atoms with van der Waals surface area (Å²) in [6.45, 7) is 0. The second-order valence-electron chi connectivity index (χ2n) is 7.31. The van der Waals surface area contributed by atoms with Crippen LogP contribution in [0.3, 0.4) is 0 Å². The standard InChI is InChI=1S/C26H21NO4/c1-29-19-8-4-6-16(12-19)24-23-15-18-14-21(31-3)10-11-22(18)27(23)26(28)25(24)17-7-5-9-20(13-17)30-2/h4-15H,1-3H3. The predicted octanol–water partition coefficient (Wildman–Crippen LogP) is 5.28. The van der Waals surface area contributed by atoms with Crippen LogP contribution >= 0.6 is 0 Å². The van der Waals surface area contributed by atoms with Crippen molar-refractivity contribution in [1.29, 1.82) is 0 Å². The van der Waals surface area contributed by atoms with Crippen LogP contribution in [0.1, 0.15) is 21.6 Å². The molecule has 0 radical (unpaired) electrons. The third-order valence-electron chi connectivity index (χ3n) is 5.65. The molecular formula is C26H21NO4. The van der Waals surface area contributed by atoms with Crippen molar-refractivity contribution in [3.8, 4) is 17.2 Å². The molecule has 3 aromatic carbocycles. The Hall–Kier alpha value is -3.99. The van der Waals surface area contributed by atoms with Gasteiger partial charge in [0, 0.05) is 11.0 Å². The molecule has 1 aliphatic heterocycles. The second-order valence-corrected chi connectivity index (χ2v) is 7.31. The number of nitrogens with zero attached hydrogens (tertiary/aromatic N) is 1. The molecule has 0 bridgehead atoms. The van der Waals surface area contributed by atoms with Crippen LogP contribution in [0.25, 0.3) is 22.0 Å². The zero-order valence-corrected chi connectivity index (χ0v) is 17.5. The van der Waals surface area contributed by atoms with E-state index in [-0.39, 0.29) is 5.91 Å². The third kappa shape index (κ3) is 2.97. The summed E-state index contributed by atoms with van der Waals surface area (Å²) >= 11 is 0. The number of rotatable bonds is 5. The van der Waals surface area contributed by atoms with Crippen LogP contribution in [0.15, 0.2) is 72.8 Å². The van der Waals surface area contributed by atoms with Crippen molar-refractivity contribution in [2.45, 2.75) is 0 Å². The molecule has 5 rings (SSSR count). The van der Waals surface area contributed by atoms with Crippen LogP contribution in [0.2, 0.25) is 0 Å². The third-order valence-corrected chi connectivity index (χ3v) is 5.65. The summed E-state index contributed by atoms with van der Waals surface area (Å²) in [5.41, 5.74) is 4.93. The predicted molar refractivity (Wildman–Crippen MR) is 121 cm³/mol. The summed E-state index contributed by atoms with van der Waals surface area (Å²) in [5, 5.41) is 0.952. The van der Waals surface area contributed by atoms with Crippen LogP contribution in [0.4, 0.5) is 0 Å². The zero-order chi connectivity index (χ0) is 21.5. The van der Waals surface area contributed by atoms with E-state index in [0.29, 0.717) is 11.3 Å². The maximum atomic E-state index is 13.8. The van der Waals surface area contributed by atoms with E-state index in [1.54, 1.807) is 25.9 Å². The number of carbonyl (C=O) groups excluding carboxylic acids is 1. The van der Waals surface area contributed by atoms with Crippen molar-refractivity contribution in [1.82, 2.24) is 4.57 Å². The van der Waals surface area contributed by atoms with Gasteiger partial charge in [-0.25, -0.2) is 0 Å². The van der Waals surface area contributed by atoms with Gasteiger partial charge in [-0.1, -0.05) is 24.3 Å². The van der Waals surface area contributed by atoms with E-state index in [1.165, 1.54) is 0 Å². The zero-order valence-electron chi connectivity index (χ0n) is 17.5. The molecule has 5 nitrogen and oxygen atoms in total. The molecule has 0 atom stereocenters. The summed E-state index contributed by atoms with van der Waals surface area (Å²) in [6.07, 6.45) is 0. The number of ether oxygens (including phenoxy) is 3. The lowest BCUT2D eigenvalue weighted by Gasteiger charge is -2.10. The van der Waals surface area contributed by atoms with Crippen molar-refractivity contribution >= 4 is 28.0 Å². The van der Waals surface area contributed by atoms with Gasteiger partial charge in [0.25, 0.3) is 5.91 Å². The molecule has 154 valence electrons. The molecule has 0 saturated heterocycles. The Morgan fingerprint density at radius 2 is 1.23 bits per heavy atom. The van der Waals surface area contributed by atoms with Gasteiger partial charge in [-0.2, -0.15) is 0 Å². The minimum atomic E-state index is -0.0683. The minimum absolute atomic E-state index is 0.0683. The van der Waals surface area contributed by atoms with Gasteiger partial charge >= 0.3 is 0 Å². The van der Waals surface area contributed by atoms with E-state index in [9.17, 15) is 4.79 Å². The maximum Gasteiger partial charge on any atom is 0.264 e. The first-order valence-electron chi connectivity index (χ1n) is 9.92. The van der Waals surface area contributed by atoms with Crippen molar-refractivity contribution < 1.29 is 19.0 Å². The highest BCUT2D eigenvalue weighted by Gasteiger charge is 2.33. The first kappa shape index (κ1) is 19.0. The molecule has 0 spiro atoms. The van der Waals surface area contributed by atoms with Gasteiger partial charge < -0.3 is 14.2 Å². The fourth-order valence-corrected chi connectivity index (χ4v) is 4.19. The average molecular weight is 411 g/mol. The molecule has 0 unspecified atom stereocenters. The van der Waals surface area contributed by atoms with Crippen LogP contribution in [-0.2, 0) is 0 Å². The molecule has 0 fully saturated rings. The van der Waals surface area contributed by atoms with Gasteiger partial charge in [0.2, 0.25) is 0 Å². The molecule has 0 aliphatic carbocycles. The van der Waals surface area contributed by atoms with Crippen LogP contribution in [0.5, 0.6) is 17.2 Å². The quantitative estimate of drug-likeness (QED) is 0.448. The molecule has 0 saturated carbocycles. The normalized spacial score (nSPS) is 12.9. The molecule has 4 aromatic rings. The minimum Gasteiger partial charge on any atom is -0.497 e.